The predicted octanol–water partition coefficient (Wildman–Crippen LogP) is 3.66. The van der Waals surface area contributed by atoms with Gasteiger partial charge >= 0.3 is 0 Å². The summed E-state index contributed by atoms with van der Waals surface area (Å²) < 4.78 is 0. The predicted molar refractivity (Wildman–Crippen MR) is 60.2 cm³/mol. The van der Waals surface area contributed by atoms with Gasteiger partial charge in [-0.25, -0.2) is 0 Å². The molecule has 0 aromatic rings. The van der Waals surface area contributed by atoms with E-state index in [0.29, 0.717) is 0 Å². The van der Waals surface area contributed by atoms with Crippen LogP contribution in [-0.2, 0) is 4.79 Å². The van der Waals surface area contributed by atoms with Gasteiger partial charge in [0.1, 0.15) is 0 Å². The summed E-state index contributed by atoms with van der Waals surface area (Å²) in [6.07, 6.45) is 10.1. The van der Waals surface area contributed by atoms with Crippen molar-refractivity contribution in [3.63, 3.8) is 0 Å². The second-order valence-corrected chi connectivity index (χ2v) is 4.17. The van der Waals surface area contributed by atoms with E-state index < -0.39 is 0 Å². The molecule has 0 aromatic heterocycles. The molecule has 0 amide bonds. The molecule has 0 aliphatic heterocycles. The Morgan fingerprint density at radius 2 is 2.36 bits per heavy atom. The van der Waals surface area contributed by atoms with E-state index in [1.54, 1.807) is 6.08 Å². The highest BCUT2D eigenvalue weighted by atomic mass is 16.1. The number of ketones is 1. The van der Waals surface area contributed by atoms with Gasteiger partial charge in [-0.2, -0.15) is 0 Å². The zero-order valence-electron chi connectivity index (χ0n) is 9.47. The van der Waals surface area contributed by atoms with Crippen LogP contribution in [0.1, 0.15) is 46.5 Å². The molecule has 1 aliphatic rings. The van der Waals surface area contributed by atoms with Gasteiger partial charge in [-0.15, -0.1) is 0 Å². The van der Waals surface area contributed by atoms with Gasteiger partial charge in [0.05, 0.1) is 5.41 Å². The van der Waals surface area contributed by atoms with Crippen molar-refractivity contribution in [2.24, 2.45) is 5.41 Å². The molecule has 1 rings (SSSR count). The van der Waals surface area contributed by atoms with E-state index in [2.05, 4.69) is 19.9 Å². The van der Waals surface area contributed by atoms with Gasteiger partial charge < -0.3 is 0 Å². The Morgan fingerprint density at radius 1 is 1.64 bits per heavy atom. The average molecular weight is 192 g/mol. The summed E-state index contributed by atoms with van der Waals surface area (Å²) in [4.78, 5) is 12.0. The summed E-state index contributed by atoms with van der Waals surface area (Å²) in [5.41, 5.74) is 1.12. The highest BCUT2D eigenvalue weighted by molar-refractivity contribution is 5.96. The first-order chi connectivity index (χ1) is 6.65. The molecular weight excluding hydrogens is 172 g/mol. The molecule has 1 aliphatic carbocycles. The van der Waals surface area contributed by atoms with Crippen LogP contribution in [0.25, 0.3) is 0 Å². The lowest BCUT2D eigenvalue weighted by Gasteiger charge is -2.32. The number of carbonyl (C=O) groups is 1. The molecule has 1 heteroatoms. The quantitative estimate of drug-likeness (QED) is 0.492. The minimum atomic E-state index is -0.209. The van der Waals surface area contributed by atoms with Crippen LogP contribution in [0.2, 0.25) is 0 Å². The van der Waals surface area contributed by atoms with E-state index in [1.807, 2.05) is 13.0 Å². The van der Waals surface area contributed by atoms with Crippen molar-refractivity contribution < 1.29 is 4.79 Å². The molecule has 0 bridgehead atoms. The third-order valence-electron chi connectivity index (χ3n) is 3.22. The first-order valence-corrected chi connectivity index (χ1v) is 5.51. The first-order valence-electron chi connectivity index (χ1n) is 5.51. The van der Waals surface area contributed by atoms with E-state index in [-0.39, 0.29) is 11.2 Å². The van der Waals surface area contributed by atoms with Crippen LogP contribution in [0.5, 0.6) is 0 Å². The summed E-state index contributed by atoms with van der Waals surface area (Å²) in [5.74, 6) is 0.271. The molecule has 0 N–H and O–H groups in total. The lowest BCUT2D eigenvalue weighted by molar-refractivity contribution is -0.121. The molecular formula is C13H20O. The van der Waals surface area contributed by atoms with Crippen LogP contribution < -0.4 is 0 Å². The number of rotatable bonds is 3. The van der Waals surface area contributed by atoms with Gasteiger partial charge in [-0.05, 0) is 45.6 Å². The van der Waals surface area contributed by atoms with Crippen molar-refractivity contribution in [1.82, 2.24) is 0 Å². The molecule has 0 saturated heterocycles. The fraction of sp³-hybridized carbons (Fsp3) is 0.615. The number of carbonyl (C=O) groups excluding carboxylic acids is 1. The maximum absolute atomic E-state index is 12.0. The lowest BCUT2D eigenvalue weighted by Crippen LogP contribution is -2.30. The van der Waals surface area contributed by atoms with Gasteiger partial charge in [0.15, 0.2) is 5.78 Å². The van der Waals surface area contributed by atoms with E-state index in [4.69, 9.17) is 0 Å². The van der Waals surface area contributed by atoms with Gasteiger partial charge in [-0.1, -0.05) is 24.6 Å². The van der Waals surface area contributed by atoms with E-state index in [1.165, 1.54) is 5.57 Å². The minimum Gasteiger partial charge on any atom is -0.294 e. The van der Waals surface area contributed by atoms with E-state index in [0.717, 1.165) is 25.7 Å². The molecule has 0 radical (unpaired) electrons. The van der Waals surface area contributed by atoms with Gasteiger partial charge in [0, 0.05) is 0 Å². The maximum atomic E-state index is 12.0. The molecule has 0 fully saturated rings. The van der Waals surface area contributed by atoms with Crippen LogP contribution >= 0.6 is 0 Å². The summed E-state index contributed by atoms with van der Waals surface area (Å²) in [7, 11) is 0. The van der Waals surface area contributed by atoms with Crippen LogP contribution in [0.3, 0.4) is 0 Å². The third kappa shape index (κ3) is 1.97. The molecule has 1 atom stereocenters. The molecule has 0 spiro atoms. The Morgan fingerprint density at radius 3 is 2.93 bits per heavy atom. The topological polar surface area (TPSA) is 17.1 Å². The van der Waals surface area contributed by atoms with Crippen LogP contribution in [0.15, 0.2) is 23.8 Å². The van der Waals surface area contributed by atoms with Crippen molar-refractivity contribution in [3.05, 3.63) is 23.8 Å². The Labute approximate surface area is 86.9 Å². The Balaban J connectivity index is 2.95. The summed E-state index contributed by atoms with van der Waals surface area (Å²) in [5, 5.41) is 0. The van der Waals surface area contributed by atoms with E-state index in [9.17, 15) is 4.79 Å². The SMILES string of the molecule is C/C=C/C(=O)C1(C)CCCC=C1CC. The molecule has 0 saturated carbocycles. The Kier molecular flexibility index (Phi) is 3.68. The number of hydrogen-bond donors (Lipinski definition) is 0. The highest BCUT2D eigenvalue weighted by Gasteiger charge is 2.35. The Hall–Kier alpha value is -0.850. The van der Waals surface area contributed by atoms with E-state index >= 15 is 0 Å². The van der Waals surface area contributed by atoms with Crippen LogP contribution in [0.4, 0.5) is 0 Å². The molecule has 78 valence electrons. The summed E-state index contributed by atoms with van der Waals surface area (Å²) in [6, 6.07) is 0. The average Bonchev–Trinajstić information content (AvgIpc) is 2.19. The van der Waals surface area contributed by atoms with Crippen molar-refractivity contribution in [3.8, 4) is 0 Å². The van der Waals surface area contributed by atoms with Gasteiger partial charge in [-0.3, -0.25) is 4.79 Å². The van der Waals surface area contributed by atoms with Crippen molar-refractivity contribution in [1.29, 1.82) is 0 Å². The van der Waals surface area contributed by atoms with Crippen LogP contribution in [0, 0.1) is 5.41 Å². The van der Waals surface area contributed by atoms with Crippen molar-refractivity contribution in [2.45, 2.75) is 46.5 Å². The van der Waals surface area contributed by atoms with Crippen molar-refractivity contribution in [2.75, 3.05) is 0 Å². The third-order valence-corrected chi connectivity index (χ3v) is 3.22. The number of hydrogen-bond acceptors (Lipinski definition) is 1. The molecule has 0 aromatic carbocycles. The molecule has 14 heavy (non-hydrogen) atoms. The van der Waals surface area contributed by atoms with Gasteiger partial charge in [0.25, 0.3) is 0 Å². The highest BCUT2D eigenvalue weighted by Crippen LogP contribution is 2.39. The zero-order valence-corrected chi connectivity index (χ0v) is 9.47. The number of allylic oxidation sites excluding steroid dienone is 4. The van der Waals surface area contributed by atoms with Crippen LogP contribution in [-0.4, -0.2) is 5.78 Å². The minimum absolute atomic E-state index is 0.209. The van der Waals surface area contributed by atoms with Gasteiger partial charge in [0.2, 0.25) is 0 Å². The fourth-order valence-corrected chi connectivity index (χ4v) is 2.27. The smallest absolute Gasteiger partial charge is 0.165 e. The Bertz CT molecular complexity index is 273. The summed E-state index contributed by atoms with van der Waals surface area (Å²) in [6.45, 7) is 6.13. The lowest BCUT2D eigenvalue weighted by atomic mass is 9.70. The molecule has 1 nitrogen and oxygen atoms in total. The second-order valence-electron chi connectivity index (χ2n) is 4.17. The molecule has 1 unspecified atom stereocenters. The summed E-state index contributed by atoms with van der Waals surface area (Å²) >= 11 is 0. The maximum Gasteiger partial charge on any atom is 0.165 e. The second kappa shape index (κ2) is 4.59. The standard InChI is InChI=1S/C13H20O/c1-4-8-12(14)13(3)10-7-6-9-11(13)5-2/h4,8-9H,5-7,10H2,1-3H3/b8-4+. The largest absolute Gasteiger partial charge is 0.294 e. The fourth-order valence-electron chi connectivity index (χ4n) is 2.27. The zero-order chi connectivity index (χ0) is 10.6. The normalized spacial score (nSPS) is 27.8. The van der Waals surface area contributed by atoms with Crippen molar-refractivity contribution >= 4 is 5.78 Å². The first kappa shape index (κ1) is 11.2. The molecule has 0 heterocycles. The monoisotopic (exact) mass is 192 g/mol.